The Balaban J connectivity index is 1.40. The molecule has 0 aliphatic heterocycles. The van der Waals surface area contributed by atoms with Crippen LogP contribution in [-0.2, 0) is 16.4 Å². The summed E-state index contributed by atoms with van der Waals surface area (Å²) < 4.78 is 33.3. The number of nitrogens with one attached hydrogen (secondary N) is 1. The van der Waals surface area contributed by atoms with Gasteiger partial charge in [0.15, 0.2) is 0 Å². The molecule has 0 unspecified atom stereocenters. The highest BCUT2D eigenvalue weighted by atomic mass is 32.2. The highest BCUT2D eigenvalue weighted by Crippen LogP contribution is 2.23. The van der Waals surface area contributed by atoms with E-state index in [9.17, 15) is 13.2 Å². The summed E-state index contributed by atoms with van der Waals surface area (Å²) in [4.78, 5) is 17.0. The van der Waals surface area contributed by atoms with Crippen LogP contribution in [0.25, 0.3) is 5.65 Å². The summed E-state index contributed by atoms with van der Waals surface area (Å²) in [5.74, 6) is 0.806. The number of sulfone groups is 1. The first-order chi connectivity index (χ1) is 15.8. The highest BCUT2D eigenvalue weighted by molar-refractivity contribution is 7.91. The zero-order valence-electron chi connectivity index (χ0n) is 18.4. The molecule has 7 nitrogen and oxygen atoms in total. The van der Waals surface area contributed by atoms with Crippen LogP contribution in [0, 0.1) is 5.92 Å². The zero-order valence-corrected chi connectivity index (χ0v) is 19.2. The third kappa shape index (κ3) is 5.23. The lowest BCUT2D eigenvalue weighted by Crippen LogP contribution is -2.23. The van der Waals surface area contributed by atoms with Crippen LogP contribution in [0.4, 0.5) is 0 Å². The summed E-state index contributed by atoms with van der Waals surface area (Å²) in [6.07, 6.45) is 5.16. The molecular weight excluding hydrogens is 438 g/mol. The van der Waals surface area contributed by atoms with E-state index in [1.165, 1.54) is 0 Å². The molecule has 2 heterocycles. The zero-order chi connectivity index (χ0) is 23.4. The maximum absolute atomic E-state index is 12.9. The molecule has 4 rings (SSSR count). The highest BCUT2D eigenvalue weighted by Gasteiger charge is 2.18. The van der Waals surface area contributed by atoms with E-state index in [1.807, 2.05) is 13.8 Å². The third-order valence-electron chi connectivity index (χ3n) is 5.06. The van der Waals surface area contributed by atoms with E-state index in [1.54, 1.807) is 83.7 Å². The van der Waals surface area contributed by atoms with Crippen molar-refractivity contribution >= 4 is 21.4 Å². The van der Waals surface area contributed by atoms with E-state index >= 15 is 0 Å². The second kappa shape index (κ2) is 9.46. The minimum atomic E-state index is -3.64. The van der Waals surface area contributed by atoms with E-state index in [2.05, 4.69) is 10.3 Å². The number of hydrogen-bond acceptors (Lipinski definition) is 5. The molecule has 0 aliphatic rings. The predicted octanol–water partition coefficient (Wildman–Crippen LogP) is 4.13. The Labute approximate surface area is 193 Å². The average molecular weight is 464 g/mol. The lowest BCUT2D eigenvalue weighted by molar-refractivity contribution is 0.0950. The van der Waals surface area contributed by atoms with Gasteiger partial charge in [-0.25, -0.2) is 13.4 Å². The summed E-state index contributed by atoms with van der Waals surface area (Å²) in [6.45, 7) is 4.95. The largest absolute Gasteiger partial charge is 0.493 e. The number of benzene rings is 2. The smallest absolute Gasteiger partial charge is 0.253 e. The SMILES string of the molecule is CC(C)COc1ccc(S(=O)(=O)c2ccc(CNC(=O)c3ccc4nccn4c3)cc2)cc1. The molecule has 2 aromatic carbocycles. The number of rotatable bonds is 8. The van der Waals surface area contributed by atoms with Crippen molar-refractivity contribution in [2.45, 2.75) is 30.2 Å². The molecule has 0 saturated heterocycles. The van der Waals surface area contributed by atoms with Crippen LogP contribution in [0.3, 0.4) is 0 Å². The van der Waals surface area contributed by atoms with Crippen LogP contribution in [0.5, 0.6) is 5.75 Å². The van der Waals surface area contributed by atoms with E-state index in [-0.39, 0.29) is 22.2 Å². The Morgan fingerprint density at radius 1 is 1.00 bits per heavy atom. The van der Waals surface area contributed by atoms with Crippen LogP contribution < -0.4 is 10.1 Å². The number of fused-ring (bicyclic) bond motifs is 1. The Hall–Kier alpha value is -3.65. The summed E-state index contributed by atoms with van der Waals surface area (Å²) in [5, 5.41) is 2.85. The van der Waals surface area contributed by atoms with Crippen molar-refractivity contribution in [1.29, 1.82) is 0 Å². The molecule has 0 bridgehead atoms. The van der Waals surface area contributed by atoms with E-state index in [0.717, 1.165) is 11.2 Å². The van der Waals surface area contributed by atoms with Crippen molar-refractivity contribution in [2.75, 3.05) is 6.61 Å². The number of carbonyl (C=O) groups excluding carboxylic acids is 1. The summed E-state index contributed by atoms with van der Waals surface area (Å²) in [7, 11) is -3.64. The first-order valence-corrected chi connectivity index (χ1v) is 12.1. The van der Waals surface area contributed by atoms with Gasteiger partial charge in [0.05, 0.1) is 22.0 Å². The van der Waals surface area contributed by atoms with E-state index < -0.39 is 9.84 Å². The molecule has 4 aromatic rings. The maximum atomic E-state index is 12.9. The fourth-order valence-corrected chi connectivity index (χ4v) is 4.50. The van der Waals surface area contributed by atoms with Gasteiger partial charge in [0.25, 0.3) is 5.91 Å². The van der Waals surface area contributed by atoms with Crippen LogP contribution in [0.1, 0.15) is 29.8 Å². The number of aromatic nitrogens is 2. The Bertz CT molecular complexity index is 1360. The van der Waals surface area contributed by atoms with Gasteiger partial charge < -0.3 is 14.5 Å². The lowest BCUT2D eigenvalue weighted by atomic mass is 10.2. The van der Waals surface area contributed by atoms with Gasteiger partial charge in [-0.3, -0.25) is 4.79 Å². The second-order valence-electron chi connectivity index (χ2n) is 8.12. The van der Waals surface area contributed by atoms with Crippen molar-refractivity contribution in [2.24, 2.45) is 5.92 Å². The molecular formula is C25H25N3O4S. The molecule has 0 saturated carbocycles. The van der Waals surface area contributed by atoms with Gasteiger partial charge in [0.1, 0.15) is 11.4 Å². The third-order valence-corrected chi connectivity index (χ3v) is 6.84. The molecule has 170 valence electrons. The molecule has 8 heteroatoms. The van der Waals surface area contributed by atoms with Gasteiger partial charge >= 0.3 is 0 Å². The number of imidazole rings is 1. The maximum Gasteiger partial charge on any atom is 0.253 e. The van der Waals surface area contributed by atoms with Gasteiger partial charge in [0, 0.05) is 25.1 Å². The second-order valence-corrected chi connectivity index (χ2v) is 10.1. The first-order valence-electron chi connectivity index (χ1n) is 10.6. The number of pyridine rings is 1. The summed E-state index contributed by atoms with van der Waals surface area (Å²) >= 11 is 0. The summed E-state index contributed by atoms with van der Waals surface area (Å²) in [6, 6.07) is 16.4. The molecule has 1 amide bonds. The van der Waals surface area contributed by atoms with E-state index in [4.69, 9.17) is 4.74 Å². The molecule has 0 spiro atoms. The Morgan fingerprint density at radius 3 is 2.33 bits per heavy atom. The molecule has 0 atom stereocenters. The first kappa shape index (κ1) is 22.5. The van der Waals surface area contributed by atoms with Gasteiger partial charge in [-0.15, -0.1) is 0 Å². The number of ether oxygens (including phenoxy) is 1. The minimum Gasteiger partial charge on any atom is -0.493 e. The average Bonchev–Trinajstić information content (AvgIpc) is 3.30. The van der Waals surface area contributed by atoms with Crippen molar-refractivity contribution < 1.29 is 17.9 Å². The molecule has 0 radical (unpaired) electrons. The quantitative estimate of drug-likeness (QED) is 0.424. The topological polar surface area (TPSA) is 89.8 Å². The van der Waals surface area contributed by atoms with Crippen LogP contribution in [0.2, 0.25) is 0 Å². The predicted molar refractivity (Wildman–Crippen MR) is 125 cm³/mol. The number of hydrogen-bond donors (Lipinski definition) is 1. The van der Waals surface area contributed by atoms with Crippen molar-refractivity contribution in [3.05, 3.63) is 90.4 Å². The molecule has 33 heavy (non-hydrogen) atoms. The van der Waals surface area contributed by atoms with E-state index in [0.29, 0.717) is 23.8 Å². The molecule has 0 fully saturated rings. The Morgan fingerprint density at radius 2 is 1.67 bits per heavy atom. The standard InChI is InChI=1S/C25H25N3O4S/c1-18(2)17-32-21-6-10-23(11-7-21)33(30,31)22-8-3-19(4-9-22)15-27-25(29)20-5-12-24-26-13-14-28(24)16-20/h3-14,16,18H,15,17H2,1-2H3,(H,27,29). The fraction of sp³-hybridized carbons (Fsp3) is 0.200. The van der Waals surface area contributed by atoms with Gasteiger partial charge in [-0.2, -0.15) is 0 Å². The molecule has 0 aliphatic carbocycles. The number of amides is 1. The van der Waals surface area contributed by atoms with Gasteiger partial charge in [-0.05, 0) is 60.0 Å². The van der Waals surface area contributed by atoms with Crippen LogP contribution in [0.15, 0.2) is 89.0 Å². The monoisotopic (exact) mass is 463 g/mol. The lowest BCUT2D eigenvalue weighted by Gasteiger charge is -2.10. The fourth-order valence-electron chi connectivity index (χ4n) is 3.24. The number of nitrogens with zero attached hydrogens (tertiary/aromatic N) is 2. The number of carbonyl (C=O) groups is 1. The minimum absolute atomic E-state index is 0.194. The van der Waals surface area contributed by atoms with Crippen LogP contribution >= 0.6 is 0 Å². The van der Waals surface area contributed by atoms with Crippen LogP contribution in [-0.4, -0.2) is 30.3 Å². The normalized spacial score (nSPS) is 11.6. The van der Waals surface area contributed by atoms with Gasteiger partial charge in [-0.1, -0.05) is 26.0 Å². The molecule has 1 N–H and O–H groups in total. The van der Waals surface area contributed by atoms with Crippen molar-refractivity contribution in [3.63, 3.8) is 0 Å². The van der Waals surface area contributed by atoms with Crippen molar-refractivity contribution in [1.82, 2.24) is 14.7 Å². The Kier molecular flexibility index (Phi) is 6.46. The van der Waals surface area contributed by atoms with Crippen molar-refractivity contribution in [3.8, 4) is 5.75 Å². The molecule has 2 aromatic heterocycles. The van der Waals surface area contributed by atoms with Gasteiger partial charge in [0.2, 0.25) is 9.84 Å². The summed E-state index contributed by atoms with van der Waals surface area (Å²) in [5.41, 5.74) is 2.07.